The SMILES string of the molecule is CC(Nc1ccccc1[N+](=O)[O-])C(=O)N1CCCCC1. The molecule has 1 aliphatic rings. The van der Waals surface area contributed by atoms with Crippen molar-refractivity contribution in [3.05, 3.63) is 34.4 Å². The predicted octanol–water partition coefficient (Wildman–Crippen LogP) is 2.41. The Kier molecular flexibility index (Phi) is 4.55. The first-order valence-corrected chi connectivity index (χ1v) is 6.88. The van der Waals surface area contributed by atoms with Crippen LogP contribution in [0.4, 0.5) is 11.4 Å². The van der Waals surface area contributed by atoms with E-state index < -0.39 is 11.0 Å². The summed E-state index contributed by atoms with van der Waals surface area (Å²) in [6, 6.07) is 5.92. The van der Waals surface area contributed by atoms with Crippen molar-refractivity contribution in [2.75, 3.05) is 18.4 Å². The Morgan fingerprint density at radius 2 is 1.95 bits per heavy atom. The van der Waals surface area contributed by atoms with Gasteiger partial charge in [-0.1, -0.05) is 12.1 Å². The molecule has 6 nitrogen and oxygen atoms in total. The van der Waals surface area contributed by atoms with Crippen molar-refractivity contribution in [3.8, 4) is 0 Å². The molecule has 1 fully saturated rings. The van der Waals surface area contributed by atoms with Gasteiger partial charge < -0.3 is 10.2 Å². The van der Waals surface area contributed by atoms with Crippen molar-refractivity contribution >= 4 is 17.3 Å². The maximum atomic E-state index is 12.3. The van der Waals surface area contributed by atoms with Gasteiger partial charge in [-0.25, -0.2) is 0 Å². The van der Waals surface area contributed by atoms with Gasteiger partial charge in [-0.05, 0) is 32.3 Å². The zero-order chi connectivity index (χ0) is 14.5. The van der Waals surface area contributed by atoms with Crippen LogP contribution in [-0.2, 0) is 4.79 Å². The summed E-state index contributed by atoms with van der Waals surface area (Å²) >= 11 is 0. The summed E-state index contributed by atoms with van der Waals surface area (Å²) in [5, 5.41) is 13.9. The Morgan fingerprint density at radius 3 is 2.60 bits per heavy atom. The Morgan fingerprint density at radius 1 is 1.30 bits per heavy atom. The summed E-state index contributed by atoms with van der Waals surface area (Å²) in [6.45, 7) is 3.30. The first-order valence-electron chi connectivity index (χ1n) is 6.88. The van der Waals surface area contributed by atoms with E-state index in [2.05, 4.69) is 5.32 Å². The molecule has 1 aliphatic heterocycles. The molecule has 2 rings (SSSR count). The summed E-state index contributed by atoms with van der Waals surface area (Å²) < 4.78 is 0. The predicted molar refractivity (Wildman–Crippen MR) is 76.6 cm³/mol. The van der Waals surface area contributed by atoms with Crippen molar-refractivity contribution in [1.29, 1.82) is 0 Å². The Labute approximate surface area is 117 Å². The number of likely N-dealkylation sites (tertiary alicyclic amines) is 1. The third kappa shape index (κ3) is 3.26. The standard InChI is InChI=1S/C14H19N3O3/c1-11(14(18)16-9-5-2-6-10-16)15-12-7-3-4-8-13(12)17(19)20/h3-4,7-8,11,15H,2,5-6,9-10H2,1H3. The van der Waals surface area contributed by atoms with Crippen LogP contribution in [0.15, 0.2) is 24.3 Å². The van der Waals surface area contributed by atoms with E-state index in [1.54, 1.807) is 25.1 Å². The summed E-state index contributed by atoms with van der Waals surface area (Å²) in [6.07, 6.45) is 3.23. The molecule has 6 heteroatoms. The lowest BCUT2D eigenvalue weighted by atomic mass is 10.1. The van der Waals surface area contributed by atoms with Crippen LogP contribution in [0.1, 0.15) is 26.2 Å². The average Bonchev–Trinajstić information content (AvgIpc) is 2.47. The Bertz CT molecular complexity index is 498. The number of hydrogen-bond donors (Lipinski definition) is 1. The van der Waals surface area contributed by atoms with Crippen LogP contribution in [0.5, 0.6) is 0 Å². The summed E-state index contributed by atoms with van der Waals surface area (Å²) in [5.74, 6) is 0.00264. The molecule has 0 bridgehead atoms. The van der Waals surface area contributed by atoms with Gasteiger partial charge in [0.25, 0.3) is 5.69 Å². The summed E-state index contributed by atoms with van der Waals surface area (Å²) in [7, 11) is 0. The Balaban J connectivity index is 2.05. The van der Waals surface area contributed by atoms with E-state index in [1.165, 1.54) is 6.07 Å². The van der Waals surface area contributed by atoms with E-state index >= 15 is 0 Å². The molecule has 0 spiro atoms. The van der Waals surface area contributed by atoms with Crippen LogP contribution in [0.25, 0.3) is 0 Å². The molecular formula is C14H19N3O3. The second-order valence-corrected chi connectivity index (χ2v) is 5.03. The smallest absolute Gasteiger partial charge is 0.292 e. The number of nitro benzene ring substituents is 1. The highest BCUT2D eigenvalue weighted by molar-refractivity contribution is 5.85. The zero-order valence-corrected chi connectivity index (χ0v) is 11.5. The first-order chi connectivity index (χ1) is 9.59. The second kappa shape index (κ2) is 6.36. The maximum Gasteiger partial charge on any atom is 0.292 e. The van der Waals surface area contributed by atoms with Crippen molar-refractivity contribution < 1.29 is 9.72 Å². The monoisotopic (exact) mass is 277 g/mol. The normalized spacial score (nSPS) is 16.6. The lowest BCUT2D eigenvalue weighted by Gasteiger charge is -2.29. The number of para-hydroxylation sites is 2. The van der Waals surface area contributed by atoms with Crippen LogP contribution in [-0.4, -0.2) is 34.9 Å². The van der Waals surface area contributed by atoms with Crippen molar-refractivity contribution in [1.82, 2.24) is 4.90 Å². The average molecular weight is 277 g/mol. The van der Waals surface area contributed by atoms with Crippen LogP contribution >= 0.6 is 0 Å². The van der Waals surface area contributed by atoms with Crippen molar-refractivity contribution in [2.45, 2.75) is 32.2 Å². The largest absolute Gasteiger partial charge is 0.368 e. The maximum absolute atomic E-state index is 12.3. The quantitative estimate of drug-likeness (QED) is 0.677. The number of rotatable bonds is 4. The van der Waals surface area contributed by atoms with Crippen LogP contribution < -0.4 is 5.32 Å². The van der Waals surface area contributed by atoms with Crippen molar-refractivity contribution in [3.63, 3.8) is 0 Å². The van der Waals surface area contributed by atoms with E-state index in [0.29, 0.717) is 5.69 Å². The number of carbonyl (C=O) groups excluding carboxylic acids is 1. The number of nitrogens with one attached hydrogen (secondary N) is 1. The molecule has 1 atom stereocenters. The number of hydrogen-bond acceptors (Lipinski definition) is 4. The molecule has 1 saturated heterocycles. The van der Waals surface area contributed by atoms with Gasteiger partial charge in [-0.3, -0.25) is 14.9 Å². The third-order valence-corrected chi connectivity index (χ3v) is 3.51. The minimum atomic E-state index is -0.464. The fraction of sp³-hybridized carbons (Fsp3) is 0.500. The highest BCUT2D eigenvalue weighted by atomic mass is 16.6. The molecule has 1 heterocycles. The van der Waals surface area contributed by atoms with E-state index in [9.17, 15) is 14.9 Å². The van der Waals surface area contributed by atoms with Crippen LogP contribution in [0.2, 0.25) is 0 Å². The highest BCUT2D eigenvalue weighted by Gasteiger charge is 2.23. The second-order valence-electron chi connectivity index (χ2n) is 5.03. The van der Waals surface area contributed by atoms with Gasteiger partial charge in [-0.2, -0.15) is 0 Å². The molecule has 1 aromatic carbocycles. The number of nitrogens with zero attached hydrogens (tertiary/aromatic N) is 2. The number of amides is 1. The third-order valence-electron chi connectivity index (χ3n) is 3.51. The molecular weight excluding hydrogens is 258 g/mol. The van der Waals surface area contributed by atoms with Crippen LogP contribution in [0, 0.1) is 10.1 Å². The summed E-state index contributed by atoms with van der Waals surface area (Å²) in [5.41, 5.74) is 0.376. The van der Waals surface area contributed by atoms with Gasteiger partial charge >= 0.3 is 0 Å². The van der Waals surface area contributed by atoms with E-state index in [1.807, 2.05) is 4.90 Å². The van der Waals surface area contributed by atoms with Gasteiger partial charge in [0.15, 0.2) is 0 Å². The summed E-state index contributed by atoms with van der Waals surface area (Å²) in [4.78, 5) is 24.6. The molecule has 0 aliphatic carbocycles. The molecule has 0 saturated carbocycles. The topological polar surface area (TPSA) is 75.5 Å². The van der Waals surface area contributed by atoms with E-state index in [4.69, 9.17) is 0 Å². The number of nitro groups is 1. The van der Waals surface area contributed by atoms with Crippen molar-refractivity contribution in [2.24, 2.45) is 0 Å². The zero-order valence-electron chi connectivity index (χ0n) is 11.5. The molecule has 0 aromatic heterocycles. The number of piperidine rings is 1. The lowest BCUT2D eigenvalue weighted by Crippen LogP contribution is -2.43. The fourth-order valence-corrected chi connectivity index (χ4v) is 2.44. The molecule has 0 radical (unpaired) electrons. The number of benzene rings is 1. The molecule has 1 N–H and O–H groups in total. The highest BCUT2D eigenvalue weighted by Crippen LogP contribution is 2.24. The molecule has 1 amide bonds. The van der Waals surface area contributed by atoms with Gasteiger partial charge in [-0.15, -0.1) is 0 Å². The van der Waals surface area contributed by atoms with Crippen LogP contribution in [0.3, 0.4) is 0 Å². The van der Waals surface area contributed by atoms with E-state index in [-0.39, 0.29) is 11.6 Å². The van der Waals surface area contributed by atoms with E-state index in [0.717, 1.165) is 32.4 Å². The van der Waals surface area contributed by atoms with Gasteiger partial charge in [0.05, 0.1) is 4.92 Å². The number of carbonyl (C=O) groups is 1. The molecule has 108 valence electrons. The molecule has 1 unspecified atom stereocenters. The lowest BCUT2D eigenvalue weighted by molar-refractivity contribution is -0.384. The Hall–Kier alpha value is -2.11. The molecule has 1 aromatic rings. The van der Waals surface area contributed by atoms with Gasteiger partial charge in [0, 0.05) is 19.2 Å². The minimum Gasteiger partial charge on any atom is -0.368 e. The number of anilines is 1. The van der Waals surface area contributed by atoms with Gasteiger partial charge in [0.2, 0.25) is 5.91 Å². The fourth-order valence-electron chi connectivity index (χ4n) is 2.44. The van der Waals surface area contributed by atoms with Gasteiger partial charge in [0.1, 0.15) is 11.7 Å². The minimum absolute atomic E-state index is 0.00264. The molecule has 20 heavy (non-hydrogen) atoms. The first kappa shape index (κ1) is 14.3.